The second-order valence-corrected chi connectivity index (χ2v) is 9.58. The third-order valence-corrected chi connectivity index (χ3v) is 5.96. The van der Waals surface area contributed by atoms with Crippen LogP contribution in [-0.4, -0.2) is 39.7 Å². The predicted octanol–water partition coefficient (Wildman–Crippen LogP) is 6.93. The lowest BCUT2D eigenvalue weighted by Gasteiger charge is -2.09. The van der Waals surface area contributed by atoms with E-state index in [0.717, 1.165) is 28.1 Å². The van der Waals surface area contributed by atoms with Crippen molar-refractivity contribution >= 4 is 47.3 Å². The number of H-pyrrole nitrogens is 1. The van der Waals surface area contributed by atoms with Gasteiger partial charge in [-0.05, 0) is 64.5 Å². The Morgan fingerprint density at radius 1 is 1.23 bits per heavy atom. The number of aromatic amines is 1. The smallest absolute Gasteiger partial charge is 0.218 e. The first-order chi connectivity index (χ1) is 18.8. The highest BCUT2D eigenvalue weighted by atomic mass is 32.2. The molecule has 0 aliphatic rings. The summed E-state index contributed by atoms with van der Waals surface area (Å²) < 4.78 is 10.7. The molecule has 3 rings (SSSR count). The van der Waals surface area contributed by atoms with E-state index in [-0.39, 0.29) is 5.78 Å². The summed E-state index contributed by atoms with van der Waals surface area (Å²) in [6.45, 7) is 9.81. The summed E-state index contributed by atoms with van der Waals surface area (Å²) in [6, 6.07) is 9.64. The molecule has 0 atom stereocenters. The van der Waals surface area contributed by atoms with Crippen molar-refractivity contribution in [1.29, 1.82) is 0 Å². The van der Waals surface area contributed by atoms with Gasteiger partial charge in [-0.2, -0.15) is 5.10 Å². The molecule has 9 heteroatoms. The molecule has 0 bridgehead atoms. The van der Waals surface area contributed by atoms with Gasteiger partial charge in [0.25, 0.3) is 0 Å². The largest absolute Gasteiger partial charge is 0.439 e. The first-order valence-electron chi connectivity index (χ1n) is 12.5. The monoisotopic (exact) mass is 544 g/mol. The van der Waals surface area contributed by atoms with E-state index in [0.29, 0.717) is 28.7 Å². The van der Waals surface area contributed by atoms with Gasteiger partial charge in [-0.25, -0.2) is 9.67 Å². The number of para-hydroxylation sites is 1. The zero-order valence-electron chi connectivity index (χ0n) is 23.5. The summed E-state index contributed by atoms with van der Waals surface area (Å²) in [5.41, 5.74) is 5.55. The van der Waals surface area contributed by atoms with E-state index in [1.165, 1.54) is 11.9 Å². The number of hydrogen-bond acceptors (Lipinski definition) is 7. The number of carbonyl (C=O) groups is 1. The fourth-order valence-corrected chi connectivity index (χ4v) is 3.98. The van der Waals surface area contributed by atoms with Gasteiger partial charge in [0.1, 0.15) is 11.6 Å². The van der Waals surface area contributed by atoms with Gasteiger partial charge in [-0.3, -0.25) is 4.79 Å². The van der Waals surface area contributed by atoms with Crippen LogP contribution in [-0.2, 0) is 0 Å². The van der Waals surface area contributed by atoms with Crippen molar-refractivity contribution in [3.05, 3.63) is 94.7 Å². The molecule has 2 aromatic heterocycles. The molecular formula is C30H36N6O2S. The number of nitrogens with one attached hydrogen (secondary N) is 3. The van der Waals surface area contributed by atoms with Gasteiger partial charge >= 0.3 is 0 Å². The Morgan fingerprint density at radius 3 is 2.67 bits per heavy atom. The normalized spacial score (nSPS) is 12.3. The topological polar surface area (TPSA) is 96.3 Å². The van der Waals surface area contributed by atoms with E-state index >= 15 is 0 Å². The summed E-state index contributed by atoms with van der Waals surface area (Å²) in [5, 5.41) is 7.60. The van der Waals surface area contributed by atoms with Gasteiger partial charge in [-0.1, -0.05) is 47.9 Å². The Kier molecular flexibility index (Phi) is 10.6. The first kappa shape index (κ1) is 29.3. The molecule has 8 nitrogen and oxygen atoms in total. The fourth-order valence-electron chi connectivity index (χ4n) is 3.77. The maximum Gasteiger partial charge on any atom is 0.218 e. The minimum Gasteiger partial charge on any atom is -0.439 e. The molecule has 0 aliphatic heterocycles. The molecule has 0 radical (unpaired) electrons. The predicted molar refractivity (Wildman–Crippen MR) is 165 cm³/mol. The number of anilines is 1. The van der Waals surface area contributed by atoms with Gasteiger partial charge in [0, 0.05) is 30.8 Å². The van der Waals surface area contributed by atoms with Crippen LogP contribution in [0.25, 0.3) is 17.8 Å². The molecule has 1 aromatic carbocycles. The molecule has 0 aliphatic carbocycles. The van der Waals surface area contributed by atoms with E-state index in [1.807, 2.05) is 95.6 Å². The number of ketones is 1. The average Bonchev–Trinajstić information content (AvgIpc) is 3.52. The number of benzene rings is 1. The van der Waals surface area contributed by atoms with Crippen LogP contribution in [0.1, 0.15) is 60.6 Å². The van der Waals surface area contributed by atoms with Crippen molar-refractivity contribution in [1.82, 2.24) is 19.5 Å². The SMILES string of the molecule is C/C=C/C(=N\C=C(/C)n1ncc(C(=O)c2cc(C=C(C)C)c(/C=C/NSC)[nH]2)c1NC)Oc1ccccc1C. The van der Waals surface area contributed by atoms with Crippen LogP contribution >= 0.6 is 11.9 Å². The van der Waals surface area contributed by atoms with Gasteiger partial charge in [0.2, 0.25) is 11.7 Å². The minimum absolute atomic E-state index is 0.166. The molecule has 39 heavy (non-hydrogen) atoms. The molecule has 3 aromatic rings. The third kappa shape index (κ3) is 7.64. The summed E-state index contributed by atoms with van der Waals surface area (Å²) in [4.78, 5) is 21.4. The van der Waals surface area contributed by atoms with Gasteiger partial charge in [-0.15, -0.1) is 0 Å². The molecule has 0 spiro atoms. The summed E-state index contributed by atoms with van der Waals surface area (Å²) in [6.07, 6.45) is 14.6. The maximum atomic E-state index is 13.6. The first-order valence-corrected chi connectivity index (χ1v) is 13.8. The number of ether oxygens (including phenoxy) is 1. The Labute approximate surface area is 234 Å². The van der Waals surface area contributed by atoms with Crippen LogP contribution in [0.15, 0.2) is 71.6 Å². The summed E-state index contributed by atoms with van der Waals surface area (Å²) in [7, 11) is 1.76. The van der Waals surface area contributed by atoms with Crippen LogP contribution in [0, 0.1) is 6.92 Å². The Balaban J connectivity index is 1.94. The van der Waals surface area contributed by atoms with Crippen LogP contribution in [0.3, 0.4) is 0 Å². The number of rotatable bonds is 11. The highest BCUT2D eigenvalue weighted by Crippen LogP contribution is 2.25. The number of hydrogen-bond donors (Lipinski definition) is 3. The average molecular weight is 545 g/mol. The molecule has 0 amide bonds. The van der Waals surface area contributed by atoms with E-state index in [4.69, 9.17) is 4.74 Å². The molecule has 204 valence electrons. The second-order valence-electron chi connectivity index (χ2n) is 8.93. The number of carbonyl (C=O) groups excluding carboxylic acids is 1. The standard InChI is InChI=1S/C30H36N6O2S/c1-8-11-28(38-27-13-10-9-12-21(27)4)32-18-22(5)36-30(31-6)24(19-33-36)29(37)26-17-23(16-20(2)3)25(35-26)14-15-34-39-7/h8-19,31,34-35H,1-7H3/b11-8+,15-14+,22-18+,32-28+. The lowest BCUT2D eigenvalue weighted by atomic mass is 10.1. The Bertz CT molecular complexity index is 1450. The molecule has 0 saturated carbocycles. The number of aromatic nitrogens is 3. The quantitative estimate of drug-likeness (QED) is 0.105. The van der Waals surface area contributed by atoms with Crippen molar-refractivity contribution < 1.29 is 9.53 Å². The van der Waals surface area contributed by atoms with E-state index < -0.39 is 0 Å². The van der Waals surface area contributed by atoms with E-state index in [9.17, 15) is 4.79 Å². The van der Waals surface area contributed by atoms with Crippen LogP contribution in [0.4, 0.5) is 5.82 Å². The van der Waals surface area contributed by atoms with Gasteiger partial charge in [0.15, 0.2) is 0 Å². The minimum atomic E-state index is -0.166. The van der Waals surface area contributed by atoms with Crippen molar-refractivity contribution in [2.75, 3.05) is 18.6 Å². The summed E-state index contributed by atoms with van der Waals surface area (Å²) in [5.74, 6) is 1.58. The van der Waals surface area contributed by atoms with E-state index in [2.05, 4.69) is 25.1 Å². The van der Waals surface area contributed by atoms with Gasteiger partial charge < -0.3 is 19.8 Å². The zero-order valence-corrected chi connectivity index (χ0v) is 24.3. The van der Waals surface area contributed by atoms with Gasteiger partial charge in [0.05, 0.1) is 29.4 Å². The molecule has 0 unspecified atom stereocenters. The van der Waals surface area contributed by atoms with Crippen LogP contribution < -0.4 is 14.8 Å². The van der Waals surface area contributed by atoms with Crippen molar-refractivity contribution in [3.8, 4) is 5.75 Å². The maximum absolute atomic E-state index is 13.6. The number of allylic oxidation sites excluding steroid dienone is 3. The number of aryl methyl sites for hydroxylation is 1. The number of nitrogens with zero attached hydrogens (tertiary/aromatic N) is 3. The van der Waals surface area contributed by atoms with E-state index in [1.54, 1.807) is 30.2 Å². The van der Waals surface area contributed by atoms with Crippen molar-refractivity contribution in [2.24, 2.45) is 4.99 Å². The van der Waals surface area contributed by atoms with Crippen molar-refractivity contribution in [2.45, 2.75) is 34.6 Å². The molecule has 0 saturated heterocycles. The Morgan fingerprint density at radius 2 is 2.00 bits per heavy atom. The second kappa shape index (κ2) is 14.1. The molecular weight excluding hydrogens is 508 g/mol. The molecule has 0 fully saturated rings. The third-order valence-electron chi connectivity index (χ3n) is 5.59. The highest BCUT2D eigenvalue weighted by molar-refractivity contribution is 7.96. The van der Waals surface area contributed by atoms with Crippen LogP contribution in [0.2, 0.25) is 0 Å². The van der Waals surface area contributed by atoms with Crippen molar-refractivity contribution in [3.63, 3.8) is 0 Å². The fraction of sp³-hybridized carbons (Fsp3) is 0.233. The number of aliphatic imine (C=N–C) groups is 1. The Hall–Kier alpha value is -4.24. The summed E-state index contributed by atoms with van der Waals surface area (Å²) >= 11 is 1.49. The highest BCUT2D eigenvalue weighted by Gasteiger charge is 2.21. The molecule has 3 N–H and O–H groups in total. The molecule has 2 heterocycles. The lowest BCUT2D eigenvalue weighted by Crippen LogP contribution is -2.08. The van der Waals surface area contributed by atoms with Crippen LogP contribution in [0.5, 0.6) is 5.75 Å². The zero-order chi connectivity index (χ0) is 28.4. The lowest BCUT2D eigenvalue weighted by molar-refractivity contribution is 0.103.